The second-order valence-corrected chi connectivity index (χ2v) is 5.80. The van der Waals surface area contributed by atoms with Crippen LogP contribution in [0.5, 0.6) is 0 Å². The van der Waals surface area contributed by atoms with Gasteiger partial charge in [0.2, 0.25) is 0 Å². The smallest absolute Gasteiger partial charge is 0.323 e. The molecule has 0 aliphatic heterocycles. The van der Waals surface area contributed by atoms with Crippen LogP contribution < -0.4 is 4.90 Å². The second kappa shape index (κ2) is 6.69. The van der Waals surface area contributed by atoms with E-state index in [0.29, 0.717) is 12.2 Å². The first kappa shape index (κ1) is 15.7. The lowest BCUT2D eigenvalue weighted by molar-refractivity contribution is -0.384. The van der Waals surface area contributed by atoms with E-state index in [1.54, 1.807) is 12.1 Å². The van der Waals surface area contributed by atoms with Crippen molar-refractivity contribution in [2.45, 2.75) is 13.8 Å². The number of nitro benzene ring substituents is 1. The third-order valence-corrected chi connectivity index (χ3v) is 3.06. The van der Waals surface area contributed by atoms with E-state index in [1.165, 1.54) is 11.0 Å². The molecule has 0 bridgehead atoms. The van der Waals surface area contributed by atoms with Crippen molar-refractivity contribution in [1.29, 1.82) is 0 Å². The van der Waals surface area contributed by atoms with E-state index in [-0.39, 0.29) is 18.2 Å². The molecular weight excluding hydrogens is 363 g/mol. The molecule has 6 nitrogen and oxygen atoms in total. The van der Waals surface area contributed by atoms with Gasteiger partial charge in [-0.15, -0.1) is 0 Å². The van der Waals surface area contributed by atoms with Gasteiger partial charge in [0.25, 0.3) is 5.69 Å². The minimum atomic E-state index is -1.01. The molecular formula is C12H15IN2O4. The Morgan fingerprint density at radius 1 is 1.53 bits per heavy atom. The zero-order chi connectivity index (χ0) is 14.6. The van der Waals surface area contributed by atoms with Crippen molar-refractivity contribution in [2.75, 3.05) is 18.0 Å². The molecule has 1 N–H and O–H groups in total. The molecule has 0 saturated carbocycles. The van der Waals surface area contributed by atoms with Crippen LogP contribution in [-0.2, 0) is 4.79 Å². The molecule has 0 spiro atoms. The van der Waals surface area contributed by atoms with E-state index >= 15 is 0 Å². The average molecular weight is 378 g/mol. The summed E-state index contributed by atoms with van der Waals surface area (Å²) < 4.78 is 0.743. The predicted octanol–water partition coefficient (Wildman–Crippen LogP) is 2.75. The summed E-state index contributed by atoms with van der Waals surface area (Å²) >= 11 is 1.99. The lowest BCUT2D eigenvalue weighted by atomic mass is 10.1. The van der Waals surface area contributed by atoms with Crippen molar-refractivity contribution < 1.29 is 14.8 Å². The Hall–Kier alpha value is -1.38. The maximum absolute atomic E-state index is 11.1. The molecule has 1 aromatic carbocycles. The summed E-state index contributed by atoms with van der Waals surface area (Å²) in [5.74, 6) is -0.799. The minimum Gasteiger partial charge on any atom is -0.480 e. The quantitative estimate of drug-likeness (QED) is 0.468. The number of hydrogen-bond donors (Lipinski definition) is 1. The van der Waals surface area contributed by atoms with Gasteiger partial charge in [-0.2, -0.15) is 0 Å². The van der Waals surface area contributed by atoms with Crippen LogP contribution in [0.4, 0.5) is 11.4 Å². The van der Waals surface area contributed by atoms with Crippen LogP contribution in [0.15, 0.2) is 18.2 Å². The van der Waals surface area contributed by atoms with Crippen molar-refractivity contribution in [3.63, 3.8) is 0 Å². The molecule has 0 radical (unpaired) electrons. The van der Waals surface area contributed by atoms with Gasteiger partial charge in [-0.05, 0) is 40.6 Å². The summed E-state index contributed by atoms with van der Waals surface area (Å²) in [6, 6.07) is 4.79. The highest BCUT2D eigenvalue weighted by atomic mass is 127. The number of hydrogen-bond acceptors (Lipinski definition) is 4. The third-order valence-electron chi connectivity index (χ3n) is 2.39. The predicted molar refractivity (Wildman–Crippen MR) is 80.5 cm³/mol. The Morgan fingerprint density at radius 2 is 2.16 bits per heavy atom. The number of aliphatic carboxylic acids is 1. The number of nitrogens with zero attached hydrogens (tertiary/aromatic N) is 2. The van der Waals surface area contributed by atoms with Gasteiger partial charge in [0.15, 0.2) is 0 Å². The van der Waals surface area contributed by atoms with Crippen LogP contribution in [0.3, 0.4) is 0 Å². The largest absolute Gasteiger partial charge is 0.480 e. The molecule has 0 fully saturated rings. The van der Waals surface area contributed by atoms with Gasteiger partial charge in [-0.25, -0.2) is 0 Å². The van der Waals surface area contributed by atoms with Crippen molar-refractivity contribution in [2.24, 2.45) is 5.92 Å². The first-order valence-corrected chi connectivity index (χ1v) is 6.79. The summed E-state index contributed by atoms with van der Waals surface area (Å²) in [6.45, 7) is 4.08. The Morgan fingerprint density at radius 3 is 2.63 bits per heavy atom. The van der Waals surface area contributed by atoms with E-state index in [4.69, 9.17) is 5.11 Å². The van der Waals surface area contributed by atoms with E-state index in [1.807, 2.05) is 36.4 Å². The molecule has 0 atom stereocenters. The molecule has 0 aromatic heterocycles. The van der Waals surface area contributed by atoms with Crippen molar-refractivity contribution in [3.05, 3.63) is 31.9 Å². The topological polar surface area (TPSA) is 83.7 Å². The molecule has 104 valence electrons. The Bertz CT molecular complexity index is 491. The Labute approximate surface area is 124 Å². The molecule has 0 amide bonds. The zero-order valence-electron chi connectivity index (χ0n) is 10.7. The van der Waals surface area contributed by atoms with Crippen LogP contribution in [0, 0.1) is 19.6 Å². The number of anilines is 1. The molecule has 7 heteroatoms. The monoisotopic (exact) mass is 378 g/mol. The third kappa shape index (κ3) is 4.66. The van der Waals surface area contributed by atoms with Crippen LogP contribution in [0.1, 0.15) is 13.8 Å². The molecule has 0 saturated heterocycles. The van der Waals surface area contributed by atoms with Crippen molar-refractivity contribution >= 4 is 39.9 Å². The van der Waals surface area contributed by atoms with Crippen molar-refractivity contribution in [1.82, 2.24) is 0 Å². The molecule has 0 heterocycles. The van der Waals surface area contributed by atoms with Crippen LogP contribution in [0.2, 0.25) is 0 Å². The highest BCUT2D eigenvalue weighted by molar-refractivity contribution is 14.1. The lowest BCUT2D eigenvalue weighted by Gasteiger charge is -2.24. The van der Waals surface area contributed by atoms with E-state index in [2.05, 4.69) is 0 Å². The first-order valence-electron chi connectivity index (χ1n) is 5.72. The van der Waals surface area contributed by atoms with Gasteiger partial charge in [0.1, 0.15) is 12.2 Å². The Kier molecular flexibility index (Phi) is 5.52. The summed E-state index contributed by atoms with van der Waals surface area (Å²) in [7, 11) is 0. The summed E-state index contributed by atoms with van der Waals surface area (Å²) in [5.41, 5.74) is 0.287. The van der Waals surface area contributed by atoms with Gasteiger partial charge in [-0.3, -0.25) is 14.9 Å². The second-order valence-electron chi connectivity index (χ2n) is 4.56. The minimum absolute atomic E-state index is 0.0613. The molecule has 0 aliphatic carbocycles. The number of halogens is 1. The summed E-state index contributed by atoms with van der Waals surface area (Å²) in [6.07, 6.45) is 0. The number of carboxylic acids is 1. The van der Waals surface area contributed by atoms with Crippen LogP contribution in [0.25, 0.3) is 0 Å². The first-order chi connectivity index (χ1) is 8.81. The number of benzene rings is 1. The molecule has 0 unspecified atom stereocenters. The van der Waals surface area contributed by atoms with Gasteiger partial charge < -0.3 is 10.0 Å². The zero-order valence-corrected chi connectivity index (χ0v) is 12.8. The van der Waals surface area contributed by atoms with Gasteiger partial charge in [0, 0.05) is 16.2 Å². The van der Waals surface area contributed by atoms with E-state index in [0.717, 1.165) is 3.57 Å². The van der Waals surface area contributed by atoms with E-state index < -0.39 is 10.9 Å². The summed E-state index contributed by atoms with van der Waals surface area (Å²) in [5, 5.41) is 20.0. The van der Waals surface area contributed by atoms with Crippen LogP contribution >= 0.6 is 22.6 Å². The lowest BCUT2D eigenvalue weighted by Crippen LogP contribution is -2.33. The van der Waals surface area contributed by atoms with E-state index in [9.17, 15) is 14.9 Å². The standard InChI is InChI=1S/C12H15IN2O4/c1-8(2)6-14(7-12(16)17)10-4-3-9(13)5-11(10)15(18)19/h3-5,8H,6-7H2,1-2H3,(H,16,17). The maximum atomic E-state index is 11.1. The number of carboxylic acid groups (broad SMARTS) is 1. The molecule has 19 heavy (non-hydrogen) atoms. The number of nitro groups is 1. The fourth-order valence-corrected chi connectivity index (χ4v) is 2.24. The van der Waals surface area contributed by atoms with Crippen LogP contribution in [-0.4, -0.2) is 29.1 Å². The van der Waals surface area contributed by atoms with Gasteiger partial charge in [0.05, 0.1) is 4.92 Å². The fourth-order valence-electron chi connectivity index (χ4n) is 1.76. The van der Waals surface area contributed by atoms with Crippen molar-refractivity contribution in [3.8, 4) is 0 Å². The Balaban J connectivity index is 3.20. The average Bonchev–Trinajstić information content (AvgIpc) is 2.26. The normalized spacial score (nSPS) is 10.5. The molecule has 1 aromatic rings. The maximum Gasteiger partial charge on any atom is 0.323 e. The SMILES string of the molecule is CC(C)CN(CC(=O)O)c1ccc(I)cc1[N+](=O)[O-]. The molecule has 0 aliphatic rings. The summed E-state index contributed by atoms with van der Waals surface area (Å²) in [4.78, 5) is 23.0. The number of carbonyl (C=O) groups is 1. The van der Waals surface area contributed by atoms with Gasteiger partial charge >= 0.3 is 5.97 Å². The van der Waals surface area contributed by atoms with Gasteiger partial charge in [-0.1, -0.05) is 13.8 Å². The fraction of sp³-hybridized carbons (Fsp3) is 0.417. The highest BCUT2D eigenvalue weighted by Crippen LogP contribution is 2.30. The highest BCUT2D eigenvalue weighted by Gasteiger charge is 2.22. The molecule has 1 rings (SSSR count). The number of rotatable bonds is 6.